The maximum absolute atomic E-state index is 12.6. The molecule has 2 N–H and O–H groups in total. The fourth-order valence-corrected chi connectivity index (χ4v) is 5.89. The minimum atomic E-state index is -3.50. The Morgan fingerprint density at radius 1 is 1.13 bits per heavy atom. The number of nitrogens with zero attached hydrogens (tertiary/aromatic N) is 1. The molecule has 0 bridgehead atoms. The van der Waals surface area contributed by atoms with Gasteiger partial charge in [-0.2, -0.15) is 0 Å². The highest BCUT2D eigenvalue weighted by molar-refractivity contribution is 7.91. The molecule has 2 aromatic heterocycles. The smallest absolute Gasteiger partial charge is 0.266 e. The topological polar surface area (TPSA) is 117 Å². The van der Waals surface area contributed by atoms with Crippen LogP contribution in [0.2, 0.25) is 0 Å². The molecule has 4 aromatic rings. The van der Waals surface area contributed by atoms with Gasteiger partial charge in [0.15, 0.2) is 9.84 Å². The quantitative estimate of drug-likeness (QED) is 0.394. The first-order chi connectivity index (χ1) is 14.9. The lowest BCUT2D eigenvalue weighted by Crippen LogP contribution is -2.12. The van der Waals surface area contributed by atoms with Crippen LogP contribution in [0, 0.1) is 10.8 Å². The third-order valence-corrected chi connectivity index (χ3v) is 8.04. The number of nitroso groups, excluding NO2 is 1. The molecule has 0 aliphatic heterocycles. The number of pyridine rings is 1. The van der Waals surface area contributed by atoms with E-state index >= 15 is 0 Å². The molecule has 0 aliphatic rings. The van der Waals surface area contributed by atoms with Gasteiger partial charge in [0.05, 0.1) is 10.6 Å². The van der Waals surface area contributed by atoms with Crippen LogP contribution in [0.25, 0.3) is 32.1 Å². The molecule has 9 heteroatoms. The molecule has 0 spiro atoms. The number of aliphatic hydroxyl groups is 1. The van der Waals surface area contributed by atoms with Crippen LogP contribution in [0.3, 0.4) is 0 Å². The number of nitrogens with one attached hydrogen (secondary N) is 1. The summed E-state index contributed by atoms with van der Waals surface area (Å²) in [6.07, 6.45) is 0.368. The number of H-pyrrole nitrogens is 1. The number of sulfone groups is 1. The molecule has 0 saturated heterocycles. The van der Waals surface area contributed by atoms with E-state index in [1.807, 2.05) is 11.4 Å². The molecule has 4 rings (SSSR count). The van der Waals surface area contributed by atoms with E-state index in [0.29, 0.717) is 33.2 Å². The molecule has 160 valence electrons. The number of thiophene rings is 1. The molecule has 7 nitrogen and oxygen atoms in total. The van der Waals surface area contributed by atoms with Gasteiger partial charge >= 0.3 is 0 Å². The largest absolute Gasteiger partial charge is 0.396 e. The zero-order chi connectivity index (χ0) is 22.2. The number of hydrogen-bond acceptors (Lipinski definition) is 7. The molecule has 1 atom stereocenters. The SMILES string of the molecule is CC(CO)CCS(=O)(=O)c1ccc(-c2c(N=O)ccc3[nH]c(=O)c4sccc4c23)cc1. The number of aromatic amines is 1. The summed E-state index contributed by atoms with van der Waals surface area (Å²) in [4.78, 5) is 26.9. The Kier molecular flexibility index (Phi) is 5.74. The molecule has 0 fully saturated rings. The predicted molar refractivity (Wildman–Crippen MR) is 124 cm³/mol. The van der Waals surface area contributed by atoms with Crippen LogP contribution in [0.5, 0.6) is 0 Å². The van der Waals surface area contributed by atoms with Crippen molar-refractivity contribution in [1.29, 1.82) is 0 Å². The van der Waals surface area contributed by atoms with Crippen molar-refractivity contribution in [1.82, 2.24) is 4.98 Å². The van der Waals surface area contributed by atoms with Gasteiger partial charge in [-0.15, -0.1) is 16.2 Å². The van der Waals surface area contributed by atoms with Crippen LogP contribution in [0.1, 0.15) is 13.3 Å². The molecule has 2 aromatic carbocycles. The predicted octanol–water partition coefficient (Wildman–Crippen LogP) is 4.60. The van der Waals surface area contributed by atoms with Crippen molar-refractivity contribution in [3.05, 3.63) is 63.1 Å². The first kappa shape index (κ1) is 21.4. The maximum atomic E-state index is 12.6. The standard InChI is InChI=1S/C22H20N2O5S2/c1-13(12-25)9-11-31(28,29)15-4-2-14(3-5-15)19-18(24-27)7-6-17-20(19)16-8-10-30-21(16)22(26)23-17/h2-8,10,13,25H,9,11-12H2,1H3,(H,23,26). The molecule has 0 aliphatic carbocycles. The maximum Gasteiger partial charge on any atom is 0.266 e. The van der Waals surface area contributed by atoms with Crippen molar-refractivity contribution < 1.29 is 13.5 Å². The van der Waals surface area contributed by atoms with Crippen molar-refractivity contribution in [2.24, 2.45) is 11.1 Å². The fraction of sp³-hybridized carbons (Fsp3) is 0.227. The number of aromatic nitrogens is 1. The van der Waals surface area contributed by atoms with Crippen molar-refractivity contribution in [3.8, 4) is 11.1 Å². The normalized spacial score (nSPS) is 13.0. The van der Waals surface area contributed by atoms with Crippen molar-refractivity contribution in [2.75, 3.05) is 12.4 Å². The number of rotatable bonds is 7. The lowest BCUT2D eigenvalue weighted by atomic mass is 9.97. The van der Waals surface area contributed by atoms with Crippen LogP contribution >= 0.6 is 11.3 Å². The number of benzene rings is 2. The number of fused-ring (bicyclic) bond motifs is 3. The van der Waals surface area contributed by atoms with Gasteiger partial charge in [0.1, 0.15) is 10.4 Å². The molecular weight excluding hydrogens is 436 g/mol. The molecule has 0 saturated carbocycles. The average molecular weight is 457 g/mol. The minimum Gasteiger partial charge on any atom is -0.396 e. The van der Waals surface area contributed by atoms with E-state index in [2.05, 4.69) is 10.2 Å². The van der Waals surface area contributed by atoms with Crippen molar-refractivity contribution in [2.45, 2.75) is 18.2 Å². The third kappa shape index (κ3) is 3.91. The van der Waals surface area contributed by atoms with Crippen molar-refractivity contribution >= 4 is 47.9 Å². The van der Waals surface area contributed by atoms with Gasteiger partial charge in [-0.25, -0.2) is 8.42 Å². The van der Waals surface area contributed by atoms with E-state index in [-0.39, 0.29) is 34.4 Å². The van der Waals surface area contributed by atoms with E-state index in [9.17, 15) is 18.1 Å². The first-order valence-electron chi connectivity index (χ1n) is 9.69. The highest BCUT2D eigenvalue weighted by Gasteiger charge is 2.19. The second-order valence-corrected chi connectivity index (χ2v) is 10.5. The van der Waals surface area contributed by atoms with Gasteiger partial charge in [-0.05, 0) is 58.8 Å². The Hall–Kier alpha value is -2.88. The molecule has 2 heterocycles. The van der Waals surface area contributed by atoms with E-state index in [1.54, 1.807) is 31.2 Å². The fourth-order valence-electron chi connectivity index (χ4n) is 3.60. The summed E-state index contributed by atoms with van der Waals surface area (Å²) >= 11 is 1.31. The summed E-state index contributed by atoms with van der Waals surface area (Å²) in [6.45, 7) is 1.73. The third-order valence-electron chi connectivity index (χ3n) is 5.36. The van der Waals surface area contributed by atoms with Crippen LogP contribution in [0.4, 0.5) is 5.69 Å². The highest BCUT2D eigenvalue weighted by atomic mass is 32.2. The van der Waals surface area contributed by atoms with E-state index < -0.39 is 9.84 Å². The van der Waals surface area contributed by atoms with E-state index in [0.717, 1.165) is 5.39 Å². The van der Waals surface area contributed by atoms with Crippen LogP contribution in [-0.4, -0.2) is 30.9 Å². The van der Waals surface area contributed by atoms with Gasteiger partial charge in [0.2, 0.25) is 0 Å². The zero-order valence-corrected chi connectivity index (χ0v) is 18.3. The Balaban J connectivity index is 1.85. The summed E-state index contributed by atoms with van der Waals surface area (Å²) in [7, 11) is -3.50. The molecule has 0 amide bonds. The Morgan fingerprint density at radius 3 is 2.55 bits per heavy atom. The molecule has 31 heavy (non-hydrogen) atoms. The average Bonchev–Trinajstić information content (AvgIpc) is 3.27. The number of aliphatic hydroxyl groups excluding tert-OH is 1. The Bertz CT molecular complexity index is 1440. The van der Waals surface area contributed by atoms with Gasteiger partial charge in [0, 0.05) is 28.5 Å². The first-order valence-corrected chi connectivity index (χ1v) is 12.2. The zero-order valence-electron chi connectivity index (χ0n) is 16.7. The van der Waals surface area contributed by atoms with Gasteiger partial charge in [0.25, 0.3) is 5.56 Å². The summed E-state index contributed by atoms with van der Waals surface area (Å²) in [6, 6.07) is 11.3. The minimum absolute atomic E-state index is 0.0553. The van der Waals surface area contributed by atoms with Gasteiger partial charge in [-0.1, -0.05) is 19.1 Å². The summed E-state index contributed by atoms with van der Waals surface area (Å²) in [5, 5.41) is 15.5. The summed E-state index contributed by atoms with van der Waals surface area (Å²) in [5.74, 6) is -0.151. The monoisotopic (exact) mass is 456 g/mol. The van der Waals surface area contributed by atoms with E-state index in [1.165, 1.54) is 23.5 Å². The van der Waals surface area contributed by atoms with Gasteiger partial charge in [-0.3, -0.25) is 4.79 Å². The molecular formula is C22H20N2O5S2. The number of hydrogen-bond donors (Lipinski definition) is 2. The van der Waals surface area contributed by atoms with Crippen molar-refractivity contribution in [3.63, 3.8) is 0 Å². The lowest BCUT2D eigenvalue weighted by Gasteiger charge is -2.12. The van der Waals surface area contributed by atoms with Crippen LogP contribution in [-0.2, 0) is 9.84 Å². The Labute approximate surface area is 182 Å². The molecule has 1 unspecified atom stereocenters. The second-order valence-electron chi connectivity index (χ2n) is 7.51. The Morgan fingerprint density at radius 2 is 1.87 bits per heavy atom. The highest BCUT2D eigenvalue weighted by Crippen LogP contribution is 2.40. The lowest BCUT2D eigenvalue weighted by molar-refractivity contribution is 0.234. The van der Waals surface area contributed by atoms with Crippen LogP contribution in [0.15, 0.2) is 62.7 Å². The second kappa shape index (κ2) is 8.33. The summed E-state index contributed by atoms with van der Waals surface area (Å²) < 4.78 is 25.8. The molecule has 0 radical (unpaired) electrons. The van der Waals surface area contributed by atoms with E-state index in [4.69, 9.17) is 5.11 Å². The van der Waals surface area contributed by atoms with Gasteiger partial charge < -0.3 is 10.1 Å². The van der Waals surface area contributed by atoms with Crippen LogP contribution < -0.4 is 5.56 Å². The summed E-state index contributed by atoms with van der Waals surface area (Å²) in [5.41, 5.74) is 1.76.